The molecule has 27 heavy (non-hydrogen) atoms. The van der Waals surface area contributed by atoms with Crippen LogP contribution in [0.2, 0.25) is 0 Å². The number of aromatic amines is 1. The number of carbonyl (C=O) groups excluding carboxylic acids is 1. The lowest BCUT2D eigenvalue weighted by Gasteiger charge is -2.25. The van der Waals surface area contributed by atoms with Crippen molar-refractivity contribution in [2.24, 2.45) is 0 Å². The predicted molar refractivity (Wildman–Crippen MR) is 102 cm³/mol. The number of nitrogens with one attached hydrogen (secondary N) is 2. The molecule has 6 heteroatoms. The lowest BCUT2D eigenvalue weighted by Crippen LogP contribution is -2.36. The highest BCUT2D eigenvalue weighted by Crippen LogP contribution is 2.29. The van der Waals surface area contributed by atoms with Gasteiger partial charge in [-0.2, -0.15) is 0 Å². The number of aromatic nitrogens is 1. The first-order chi connectivity index (χ1) is 13.1. The molecule has 0 spiro atoms. The molecule has 2 heterocycles. The molecule has 2 aromatic carbocycles. The van der Waals surface area contributed by atoms with Crippen LogP contribution in [-0.2, 0) is 4.79 Å². The quantitative estimate of drug-likeness (QED) is 0.727. The van der Waals surface area contributed by atoms with Crippen molar-refractivity contribution >= 4 is 28.1 Å². The molecule has 0 saturated heterocycles. The molecular formula is C21H19F2N3O. The molecule has 4 rings (SSSR count). The molecule has 1 aromatic heterocycles. The molecule has 2 N–H and O–H groups in total. The second-order valence-corrected chi connectivity index (χ2v) is 6.64. The molecule has 0 atom stereocenters. The third kappa shape index (κ3) is 3.75. The average molecular weight is 367 g/mol. The van der Waals surface area contributed by atoms with E-state index in [9.17, 15) is 13.6 Å². The minimum absolute atomic E-state index is 0.205. The van der Waals surface area contributed by atoms with Gasteiger partial charge in [0, 0.05) is 47.5 Å². The normalized spacial score (nSPS) is 15.0. The minimum atomic E-state index is -0.975. The van der Waals surface area contributed by atoms with E-state index in [1.807, 2.05) is 23.2 Å². The number of fused-ring (bicyclic) bond motifs is 1. The van der Waals surface area contributed by atoms with Gasteiger partial charge < -0.3 is 10.3 Å². The van der Waals surface area contributed by atoms with Crippen LogP contribution in [0.4, 0.5) is 14.5 Å². The van der Waals surface area contributed by atoms with E-state index in [2.05, 4.69) is 28.5 Å². The standard InChI is InChI=1S/C21H19F2N3O/c22-18-6-5-15(11-19(18)23)25-21(27)13-26-9-7-14(8-10-26)17-12-24-20-4-2-1-3-16(17)20/h1-7,11-12,24H,8-10,13H2,(H,25,27). The zero-order valence-electron chi connectivity index (χ0n) is 14.6. The van der Waals surface area contributed by atoms with Gasteiger partial charge in [-0.1, -0.05) is 24.3 Å². The fraction of sp³-hybridized carbons (Fsp3) is 0.190. The summed E-state index contributed by atoms with van der Waals surface area (Å²) in [6.07, 6.45) is 5.02. The Morgan fingerprint density at radius 2 is 2.00 bits per heavy atom. The maximum atomic E-state index is 13.2. The number of hydrogen-bond donors (Lipinski definition) is 2. The molecule has 1 amide bonds. The maximum Gasteiger partial charge on any atom is 0.238 e. The van der Waals surface area contributed by atoms with Gasteiger partial charge in [0.2, 0.25) is 5.91 Å². The van der Waals surface area contributed by atoms with E-state index in [0.717, 1.165) is 30.6 Å². The van der Waals surface area contributed by atoms with Crippen LogP contribution in [0.3, 0.4) is 0 Å². The Hall–Kier alpha value is -2.99. The average Bonchev–Trinajstić information content (AvgIpc) is 3.09. The van der Waals surface area contributed by atoms with Gasteiger partial charge in [-0.05, 0) is 30.2 Å². The second-order valence-electron chi connectivity index (χ2n) is 6.64. The van der Waals surface area contributed by atoms with Gasteiger partial charge in [0.1, 0.15) is 0 Å². The summed E-state index contributed by atoms with van der Waals surface area (Å²) in [5.74, 6) is -2.15. The van der Waals surface area contributed by atoms with Gasteiger partial charge in [0.15, 0.2) is 11.6 Å². The van der Waals surface area contributed by atoms with Crippen LogP contribution in [0.1, 0.15) is 12.0 Å². The van der Waals surface area contributed by atoms with E-state index in [1.54, 1.807) is 0 Å². The minimum Gasteiger partial charge on any atom is -0.361 e. The number of benzene rings is 2. The number of rotatable bonds is 4. The summed E-state index contributed by atoms with van der Waals surface area (Å²) in [5.41, 5.74) is 3.84. The summed E-state index contributed by atoms with van der Waals surface area (Å²) in [7, 11) is 0. The molecule has 0 fully saturated rings. The lowest BCUT2D eigenvalue weighted by molar-refractivity contribution is -0.117. The van der Waals surface area contributed by atoms with Crippen molar-refractivity contribution in [1.82, 2.24) is 9.88 Å². The van der Waals surface area contributed by atoms with E-state index < -0.39 is 11.6 Å². The third-order valence-electron chi connectivity index (χ3n) is 4.80. The molecule has 0 aliphatic carbocycles. The molecule has 0 bridgehead atoms. The van der Waals surface area contributed by atoms with Crippen LogP contribution in [-0.4, -0.2) is 35.4 Å². The summed E-state index contributed by atoms with van der Waals surface area (Å²) in [6.45, 7) is 1.63. The van der Waals surface area contributed by atoms with Crippen LogP contribution < -0.4 is 5.32 Å². The highest BCUT2D eigenvalue weighted by Gasteiger charge is 2.17. The zero-order valence-corrected chi connectivity index (χ0v) is 14.6. The number of para-hydroxylation sites is 1. The number of nitrogens with zero attached hydrogens (tertiary/aromatic N) is 1. The summed E-state index contributed by atoms with van der Waals surface area (Å²) >= 11 is 0. The first-order valence-corrected chi connectivity index (χ1v) is 8.83. The van der Waals surface area contributed by atoms with Gasteiger partial charge in [-0.25, -0.2) is 8.78 Å². The van der Waals surface area contributed by atoms with Crippen molar-refractivity contribution < 1.29 is 13.6 Å². The Morgan fingerprint density at radius 1 is 1.15 bits per heavy atom. The van der Waals surface area contributed by atoms with Gasteiger partial charge in [0.25, 0.3) is 0 Å². The smallest absolute Gasteiger partial charge is 0.238 e. The number of amides is 1. The Balaban J connectivity index is 1.38. The van der Waals surface area contributed by atoms with Crippen molar-refractivity contribution in [3.05, 3.63) is 71.9 Å². The van der Waals surface area contributed by atoms with Crippen LogP contribution in [0.15, 0.2) is 54.7 Å². The Bertz CT molecular complexity index is 1030. The topological polar surface area (TPSA) is 48.1 Å². The fourth-order valence-electron chi connectivity index (χ4n) is 3.41. The summed E-state index contributed by atoms with van der Waals surface area (Å²) in [4.78, 5) is 17.5. The van der Waals surface area contributed by atoms with Crippen molar-refractivity contribution in [2.75, 3.05) is 25.0 Å². The van der Waals surface area contributed by atoms with Crippen LogP contribution >= 0.6 is 0 Å². The number of halogens is 2. The van der Waals surface area contributed by atoms with Gasteiger partial charge >= 0.3 is 0 Å². The molecule has 1 aliphatic rings. The second kappa shape index (κ2) is 7.32. The zero-order chi connectivity index (χ0) is 18.8. The number of H-pyrrole nitrogens is 1. The molecule has 0 unspecified atom stereocenters. The lowest BCUT2D eigenvalue weighted by atomic mass is 9.99. The first-order valence-electron chi connectivity index (χ1n) is 8.83. The van der Waals surface area contributed by atoms with Crippen molar-refractivity contribution in [3.63, 3.8) is 0 Å². The molecule has 1 aliphatic heterocycles. The van der Waals surface area contributed by atoms with E-state index in [1.165, 1.54) is 22.6 Å². The maximum absolute atomic E-state index is 13.2. The van der Waals surface area contributed by atoms with E-state index in [-0.39, 0.29) is 18.1 Å². The van der Waals surface area contributed by atoms with Crippen molar-refractivity contribution in [3.8, 4) is 0 Å². The van der Waals surface area contributed by atoms with Crippen molar-refractivity contribution in [2.45, 2.75) is 6.42 Å². The molecule has 0 saturated carbocycles. The number of hydrogen-bond acceptors (Lipinski definition) is 2. The Labute approximate surface area is 155 Å². The molecule has 4 nitrogen and oxygen atoms in total. The fourth-order valence-corrected chi connectivity index (χ4v) is 3.41. The van der Waals surface area contributed by atoms with Gasteiger partial charge in [-0.3, -0.25) is 9.69 Å². The van der Waals surface area contributed by atoms with Gasteiger partial charge in [0.05, 0.1) is 6.54 Å². The Morgan fingerprint density at radius 3 is 2.78 bits per heavy atom. The van der Waals surface area contributed by atoms with E-state index >= 15 is 0 Å². The SMILES string of the molecule is O=C(CN1CC=C(c2c[nH]c3ccccc23)CC1)Nc1ccc(F)c(F)c1. The summed E-state index contributed by atoms with van der Waals surface area (Å²) in [6, 6.07) is 11.5. The largest absolute Gasteiger partial charge is 0.361 e. The van der Waals surface area contributed by atoms with E-state index in [0.29, 0.717) is 6.54 Å². The van der Waals surface area contributed by atoms with Crippen LogP contribution in [0.5, 0.6) is 0 Å². The van der Waals surface area contributed by atoms with E-state index in [4.69, 9.17) is 0 Å². The number of carbonyl (C=O) groups is 1. The van der Waals surface area contributed by atoms with Gasteiger partial charge in [-0.15, -0.1) is 0 Å². The molecule has 0 radical (unpaired) electrons. The summed E-state index contributed by atoms with van der Waals surface area (Å²) in [5, 5.41) is 3.81. The summed E-state index contributed by atoms with van der Waals surface area (Å²) < 4.78 is 26.2. The highest BCUT2D eigenvalue weighted by atomic mass is 19.2. The molecule has 138 valence electrons. The molecule has 3 aromatic rings. The molecular weight excluding hydrogens is 348 g/mol. The third-order valence-corrected chi connectivity index (χ3v) is 4.80. The first kappa shape index (κ1) is 17.4. The van der Waals surface area contributed by atoms with Crippen molar-refractivity contribution in [1.29, 1.82) is 0 Å². The Kier molecular flexibility index (Phi) is 4.73. The highest BCUT2D eigenvalue weighted by molar-refractivity contribution is 5.93. The monoisotopic (exact) mass is 367 g/mol. The number of anilines is 1. The van der Waals surface area contributed by atoms with Crippen LogP contribution in [0, 0.1) is 11.6 Å². The predicted octanol–water partition coefficient (Wildman–Crippen LogP) is 4.17. The van der Waals surface area contributed by atoms with Crippen LogP contribution in [0.25, 0.3) is 16.5 Å².